The Bertz CT molecular complexity index is 488. The first-order valence-corrected chi connectivity index (χ1v) is 5.44. The van der Waals surface area contributed by atoms with Crippen LogP contribution in [0.25, 0.3) is 11.3 Å². The van der Waals surface area contributed by atoms with Gasteiger partial charge in [-0.1, -0.05) is 23.4 Å². The number of hydrogen-bond acceptors (Lipinski definition) is 3. The van der Waals surface area contributed by atoms with Gasteiger partial charge in [0.25, 0.3) is 0 Å². The van der Waals surface area contributed by atoms with Crippen LogP contribution < -0.4 is 5.73 Å². The van der Waals surface area contributed by atoms with Gasteiger partial charge >= 0.3 is 0 Å². The maximum absolute atomic E-state index is 5.47. The summed E-state index contributed by atoms with van der Waals surface area (Å²) in [5.41, 5.74) is 10.0. The van der Waals surface area contributed by atoms with Gasteiger partial charge < -0.3 is 10.3 Å². The Balaban J connectivity index is 2.39. The van der Waals surface area contributed by atoms with E-state index in [4.69, 9.17) is 10.3 Å². The molecule has 0 fully saturated rings. The first kappa shape index (κ1) is 10.9. The molecule has 1 aromatic carbocycles. The maximum Gasteiger partial charge on any atom is 0.138 e. The van der Waals surface area contributed by atoms with Gasteiger partial charge in [0.2, 0.25) is 0 Å². The molecular formula is C13H16N2O. The molecule has 16 heavy (non-hydrogen) atoms. The van der Waals surface area contributed by atoms with Gasteiger partial charge in [-0.25, -0.2) is 0 Å². The van der Waals surface area contributed by atoms with E-state index in [0.29, 0.717) is 6.54 Å². The number of nitrogens with two attached hydrogens (primary N) is 1. The van der Waals surface area contributed by atoms with Gasteiger partial charge in [0.1, 0.15) is 11.5 Å². The highest BCUT2D eigenvalue weighted by Gasteiger charge is 2.09. The molecule has 1 heterocycles. The Kier molecular flexibility index (Phi) is 3.06. The Morgan fingerprint density at radius 2 is 2.12 bits per heavy atom. The highest BCUT2D eigenvalue weighted by atomic mass is 16.5. The van der Waals surface area contributed by atoms with Crippen molar-refractivity contribution in [2.75, 3.05) is 6.54 Å². The third-order valence-corrected chi connectivity index (χ3v) is 2.83. The standard InChI is InChI=1S/C13H16N2O/c1-9-4-3-5-12(10(9)2)13-8-11(6-7-14)16-15-13/h3-5,8H,6-7,14H2,1-2H3. The summed E-state index contributed by atoms with van der Waals surface area (Å²) in [5, 5.41) is 4.08. The van der Waals surface area contributed by atoms with E-state index < -0.39 is 0 Å². The summed E-state index contributed by atoms with van der Waals surface area (Å²) in [7, 11) is 0. The van der Waals surface area contributed by atoms with Gasteiger partial charge in [-0.2, -0.15) is 0 Å². The third-order valence-electron chi connectivity index (χ3n) is 2.83. The van der Waals surface area contributed by atoms with Crippen LogP contribution in [-0.2, 0) is 6.42 Å². The molecule has 0 atom stereocenters. The van der Waals surface area contributed by atoms with E-state index in [1.165, 1.54) is 11.1 Å². The number of rotatable bonds is 3. The van der Waals surface area contributed by atoms with Crippen molar-refractivity contribution in [2.45, 2.75) is 20.3 Å². The largest absolute Gasteiger partial charge is 0.361 e. The Hall–Kier alpha value is -1.61. The van der Waals surface area contributed by atoms with Crippen LogP contribution in [0.5, 0.6) is 0 Å². The third kappa shape index (κ3) is 1.99. The SMILES string of the molecule is Cc1cccc(-c2cc(CCN)on2)c1C. The first-order chi connectivity index (χ1) is 7.72. The van der Waals surface area contributed by atoms with Crippen LogP contribution in [0, 0.1) is 13.8 Å². The minimum Gasteiger partial charge on any atom is -0.361 e. The molecule has 3 heteroatoms. The minimum absolute atomic E-state index is 0.585. The number of aryl methyl sites for hydroxylation is 1. The smallest absolute Gasteiger partial charge is 0.138 e. The average molecular weight is 216 g/mol. The Morgan fingerprint density at radius 3 is 2.88 bits per heavy atom. The Morgan fingerprint density at radius 1 is 1.31 bits per heavy atom. The predicted octanol–water partition coefficient (Wildman–Crippen LogP) is 2.46. The topological polar surface area (TPSA) is 52.0 Å². The number of nitrogens with zero attached hydrogens (tertiary/aromatic N) is 1. The van der Waals surface area contributed by atoms with E-state index in [-0.39, 0.29) is 0 Å². The van der Waals surface area contributed by atoms with Crippen LogP contribution in [0.15, 0.2) is 28.8 Å². The van der Waals surface area contributed by atoms with Gasteiger partial charge in [-0.05, 0) is 31.5 Å². The maximum atomic E-state index is 5.47. The van der Waals surface area contributed by atoms with Crippen molar-refractivity contribution in [3.63, 3.8) is 0 Å². The summed E-state index contributed by atoms with van der Waals surface area (Å²) in [4.78, 5) is 0. The summed E-state index contributed by atoms with van der Waals surface area (Å²) in [6.45, 7) is 4.78. The molecule has 0 aliphatic rings. The predicted molar refractivity (Wildman–Crippen MR) is 64.2 cm³/mol. The van der Waals surface area contributed by atoms with E-state index in [9.17, 15) is 0 Å². The molecular weight excluding hydrogens is 200 g/mol. The zero-order chi connectivity index (χ0) is 11.5. The molecule has 0 unspecified atom stereocenters. The van der Waals surface area contributed by atoms with Gasteiger partial charge in [0.15, 0.2) is 0 Å². The lowest BCUT2D eigenvalue weighted by Crippen LogP contribution is -2.01. The normalized spacial score (nSPS) is 10.7. The lowest BCUT2D eigenvalue weighted by atomic mass is 10.0. The summed E-state index contributed by atoms with van der Waals surface area (Å²) in [6, 6.07) is 8.16. The van der Waals surface area contributed by atoms with Crippen molar-refractivity contribution in [3.05, 3.63) is 41.2 Å². The molecule has 0 spiro atoms. The molecule has 84 valence electrons. The lowest BCUT2D eigenvalue weighted by Gasteiger charge is -2.04. The zero-order valence-corrected chi connectivity index (χ0v) is 9.66. The summed E-state index contributed by atoms with van der Waals surface area (Å²) in [5.74, 6) is 0.846. The zero-order valence-electron chi connectivity index (χ0n) is 9.66. The minimum atomic E-state index is 0.585. The molecule has 0 saturated heterocycles. The van der Waals surface area contributed by atoms with E-state index in [1.807, 2.05) is 12.1 Å². The van der Waals surface area contributed by atoms with E-state index in [1.54, 1.807) is 0 Å². The molecule has 0 aliphatic heterocycles. The summed E-state index contributed by atoms with van der Waals surface area (Å²) < 4.78 is 5.22. The second-order valence-electron chi connectivity index (χ2n) is 3.96. The average Bonchev–Trinajstić information content (AvgIpc) is 2.71. The van der Waals surface area contributed by atoms with Gasteiger partial charge in [0.05, 0.1) is 0 Å². The van der Waals surface area contributed by atoms with Crippen molar-refractivity contribution in [1.29, 1.82) is 0 Å². The van der Waals surface area contributed by atoms with Crippen molar-refractivity contribution in [1.82, 2.24) is 5.16 Å². The lowest BCUT2D eigenvalue weighted by molar-refractivity contribution is 0.386. The molecule has 1 aromatic heterocycles. The second kappa shape index (κ2) is 4.49. The molecule has 2 rings (SSSR count). The van der Waals surface area contributed by atoms with Gasteiger partial charge in [0, 0.05) is 18.1 Å². The molecule has 0 radical (unpaired) electrons. The molecule has 0 amide bonds. The number of benzene rings is 1. The molecule has 2 aromatic rings. The van der Waals surface area contributed by atoms with Crippen molar-refractivity contribution in [3.8, 4) is 11.3 Å². The highest BCUT2D eigenvalue weighted by molar-refractivity contribution is 5.64. The fraction of sp³-hybridized carbons (Fsp3) is 0.308. The van der Waals surface area contributed by atoms with E-state index >= 15 is 0 Å². The van der Waals surface area contributed by atoms with Crippen molar-refractivity contribution < 1.29 is 4.52 Å². The number of aromatic nitrogens is 1. The second-order valence-corrected chi connectivity index (χ2v) is 3.96. The molecule has 0 bridgehead atoms. The number of hydrogen-bond donors (Lipinski definition) is 1. The van der Waals surface area contributed by atoms with Crippen molar-refractivity contribution in [2.24, 2.45) is 5.73 Å². The highest BCUT2D eigenvalue weighted by Crippen LogP contribution is 2.24. The molecule has 0 saturated carbocycles. The van der Waals surface area contributed by atoms with Crippen molar-refractivity contribution >= 4 is 0 Å². The molecule has 2 N–H and O–H groups in total. The first-order valence-electron chi connectivity index (χ1n) is 5.44. The fourth-order valence-corrected chi connectivity index (χ4v) is 1.73. The fourth-order valence-electron chi connectivity index (χ4n) is 1.73. The van der Waals surface area contributed by atoms with Crippen LogP contribution in [-0.4, -0.2) is 11.7 Å². The molecule has 0 aliphatic carbocycles. The van der Waals surface area contributed by atoms with Crippen LogP contribution in [0.4, 0.5) is 0 Å². The van der Waals surface area contributed by atoms with Crippen LogP contribution in [0.2, 0.25) is 0 Å². The van der Waals surface area contributed by atoms with Crippen LogP contribution >= 0.6 is 0 Å². The van der Waals surface area contributed by atoms with E-state index in [2.05, 4.69) is 31.1 Å². The summed E-state index contributed by atoms with van der Waals surface area (Å²) in [6.07, 6.45) is 0.734. The Labute approximate surface area is 95.3 Å². The quantitative estimate of drug-likeness (QED) is 0.857. The van der Waals surface area contributed by atoms with Crippen LogP contribution in [0.3, 0.4) is 0 Å². The van der Waals surface area contributed by atoms with Gasteiger partial charge in [-0.3, -0.25) is 0 Å². The molecule has 3 nitrogen and oxygen atoms in total. The summed E-state index contributed by atoms with van der Waals surface area (Å²) >= 11 is 0. The van der Waals surface area contributed by atoms with Crippen LogP contribution in [0.1, 0.15) is 16.9 Å². The van der Waals surface area contributed by atoms with E-state index in [0.717, 1.165) is 23.4 Å². The van der Waals surface area contributed by atoms with Gasteiger partial charge in [-0.15, -0.1) is 0 Å². The monoisotopic (exact) mass is 216 g/mol.